The van der Waals surface area contributed by atoms with Crippen molar-refractivity contribution >= 4 is 43.1 Å². The van der Waals surface area contributed by atoms with Gasteiger partial charge in [0.25, 0.3) is 0 Å². The van der Waals surface area contributed by atoms with E-state index in [1.165, 1.54) is 44.5 Å². The van der Waals surface area contributed by atoms with E-state index in [0.717, 1.165) is 88.0 Å². The predicted octanol–water partition coefficient (Wildman–Crippen LogP) is 15.3. The molecule has 358 valence electrons. The fraction of sp³-hybridized carbons (Fsp3) is 0.0833. The number of hydrogen-bond donors (Lipinski definition) is 0. The molecule has 2 aliphatic rings. The third-order valence-electron chi connectivity index (χ3n) is 15.7. The molecule has 11 aromatic rings. The van der Waals surface area contributed by atoms with Crippen molar-refractivity contribution in [3.05, 3.63) is 262 Å². The van der Waals surface area contributed by atoms with E-state index in [9.17, 15) is 0 Å². The highest BCUT2D eigenvalue weighted by molar-refractivity contribution is 5.98. The summed E-state index contributed by atoms with van der Waals surface area (Å²) < 4.78 is 22.6. The van der Waals surface area contributed by atoms with Gasteiger partial charge in [-0.1, -0.05) is 158 Å². The fourth-order valence-corrected chi connectivity index (χ4v) is 12.5. The van der Waals surface area contributed by atoms with E-state index in [1.54, 1.807) is 0 Å². The van der Waals surface area contributed by atoms with E-state index < -0.39 is 10.8 Å². The molecule has 0 bridgehead atoms. The third-order valence-corrected chi connectivity index (χ3v) is 15.7. The first-order valence-electron chi connectivity index (χ1n) is 25.3. The first kappa shape index (κ1) is 45.7. The van der Waals surface area contributed by atoms with Crippen LogP contribution in [0.3, 0.4) is 0 Å². The monoisotopic (exact) mass is 974 g/mol. The second-order valence-electron chi connectivity index (χ2n) is 19.6. The van der Waals surface area contributed by atoms with Gasteiger partial charge in [-0.2, -0.15) is 0 Å². The van der Waals surface area contributed by atoms with Crippen molar-refractivity contribution < 1.29 is 18.9 Å². The minimum atomic E-state index is -0.751. The molecule has 0 fully saturated rings. The highest BCUT2D eigenvalue weighted by Gasteiger charge is 2.51. The van der Waals surface area contributed by atoms with Gasteiger partial charge in [0, 0.05) is 0 Å². The van der Waals surface area contributed by atoms with Crippen LogP contribution in [0.1, 0.15) is 55.6 Å². The van der Waals surface area contributed by atoms with Crippen LogP contribution in [-0.4, -0.2) is 13.2 Å². The standard InChI is InChI=1S/C72H46O4/c1-5-33-75-61-31-25-53-39-59(29-23-55(53)41-61)71(57-27-21-49-35-47(45-73-7-3)17-19-51(49)37-57)67-15-11-9-13-63(67)65-44-70-66(43-69(65)71)64-14-10-12-16-68(64)72(70,58-28-22-50-36-48(46-74-8-4)18-20-52(50)38-58)60-30-24-56-42-62(76-34-6-2)32-26-54(56)40-60/h1-4,9-32,35-44H,33-34,45-46H2. The van der Waals surface area contributed by atoms with Crippen LogP contribution < -0.4 is 9.47 Å². The molecule has 0 spiro atoms. The average Bonchev–Trinajstić information content (AvgIpc) is 4.16. The molecule has 2 atom stereocenters. The first-order valence-corrected chi connectivity index (χ1v) is 25.3. The zero-order valence-corrected chi connectivity index (χ0v) is 41.4. The lowest BCUT2D eigenvalue weighted by Crippen LogP contribution is -2.30. The highest BCUT2D eigenvalue weighted by Crippen LogP contribution is 2.63. The first-order chi connectivity index (χ1) is 37.4. The Bertz CT molecular complexity index is 3890. The van der Waals surface area contributed by atoms with Crippen molar-refractivity contribution in [1.29, 1.82) is 0 Å². The molecule has 76 heavy (non-hydrogen) atoms. The van der Waals surface area contributed by atoms with Gasteiger partial charge in [-0.15, -0.1) is 12.8 Å². The second kappa shape index (κ2) is 18.4. The minimum absolute atomic E-state index is 0.200. The van der Waals surface area contributed by atoms with Gasteiger partial charge in [0.05, 0.1) is 10.8 Å². The number of rotatable bonds is 12. The van der Waals surface area contributed by atoms with Crippen molar-refractivity contribution in [3.63, 3.8) is 0 Å². The quantitative estimate of drug-likeness (QED) is 0.114. The summed E-state index contributed by atoms with van der Waals surface area (Å²) in [5, 5.41) is 8.76. The lowest BCUT2D eigenvalue weighted by molar-refractivity contribution is 0.265. The zero-order valence-electron chi connectivity index (χ0n) is 41.4. The molecule has 2 aliphatic carbocycles. The molecule has 0 N–H and O–H groups in total. The highest BCUT2D eigenvalue weighted by atomic mass is 16.5. The van der Waals surface area contributed by atoms with Gasteiger partial charge >= 0.3 is 0 Å². The van der Waals surface area contributed by atoms with E-state index >= 15 is 0 Å². The maximum Gasteiger partial charge on any atom is 0.148 e. The molecule has 0 saturated carbocycles. The summed E-state index contributed by atoms with van der Waals surface area (Å²) in [6.45, 7) is 1.08. The molecule has 4 nitrogen and oxygen atoms in total. The zero-order chi connectivity index (χ0) is 51.4. The molecule has 0 radical (unpaired) electrons. The molecule has 2 unspecified atom stereocenters. The molecule has 0 aromatic heterocycles. The van der Waals surface area contributed by atoms with E-state index in [4.69, 9.17) is 44.6 Å². The number of terminal acetylenes is 4. The lowest BCUT2D eigenvalue weighted by atomic mass is 9.65. The van der Waals surface area contributed by atoms with Crippen molar-refractivity contribution in [1.82, 2.24) is 0 Å². The Hall–Kier alpha value is -10.1. The summed E-state index contributed by atoms with van der Waals surface area (Å²) in [5.74, 6) is 6.67. The van der Waals surface area contributed by atoms with E-state index in [1.807, 2.05) is 12.1 Å². The van der Waals surface area contributed by atoms with Crippen LogP contribution in [-0.2, 0) is 33.5 Å². The predicted molar refractivity (Wildman–Crippen MR) is 307 cm³/mol. The van der Waals surface area contributed by atoms with Gasteiger partial charge in [0.1, 0.15) is 50.1 Å². The summed E-state index contributed by atoms with van der Waals surface area (Å²) in [5.41, 5.74) is 14.7. The summed E-state index contributed by atoms with van der Waals surface area (Å²) in [6.07, 6.45) is 26.8. The Kier molecular flexibility index (Phi) is 11.1. The maximum absolute atomic E-state index is 5.90. The van der Waals surface area contributed by atoms with Crippen LogP contribution in [0.5, 0.6) is 11.5 Å². The van der Waals surface area contributed by atoms with Crippen LogP contribution in [0, 0.1) is 49.7 Å². The van der Waals surface area contributed by atoms with Gasteiger partial charge < -0.3 is 18.9 Å². The van der Waals surface area contributed by atoms with Gasteiger partial charge in [0.2, 0.25) is 0 Å². The summed E-state index contributed by atoms with van der Waals surface area (Å²) >= 11 is 0. The topological polar surface area (TPSA) is 36.9 Å². The van der Waals surface area contributed by atoms with Crippen LogP contribution in [0.15, 0.2) is 206 Å². The van der Waals surface area contributed by atoms with Crippen molar-refractivity contribution in [2.45, 2.75) is 24.0 Å². The maximum atomic E-state index is 5.90. The Balaban J connectivity index is 1.10. The second-order valence-corrected chi connectivity index (χ2v) is 19.6. The Morgan fingerprint density at radius 1 is 0.316 bits per heavy atom. The Morgan fingerprint density at radius 3 is 1.04 bits per heavy atom. The molecule has 4 heteroatoms. The molecule has 11 aromatic carbocycles. The van der Waals surface area contributed by atoms with Crippen molar-refractivity contribution in [2.24, 2.45) is 0 Å². The molecule has 0 saturated heterocycles. The van der Waals surface area contributed by atoms with E-state index in [0.29, 0.717) is 13.2 Å². The van der Waals surface area contributed by atoms with Gasteiger partial charge in [0.15, 0.2) is 0 Å². The van der Waals surface area contributed by atoms with Crippen LogP contribution in [0.4, 0.5) is 0 Å². The van der Waals surface area contributed by atoms with Gasteiger partial charge in [-0.25, -0.2) is 0 Å². The normalized spacial score (nSPS) is 15.6. The number of ether oxygens (including phenoxy) is 4. The molecule has 0 heterocycles. The fourth-order valence-electron chi connectivity index (χ4n) is 12.5. The summed E-state index contributed by atoms with van der Waals surface area (Å²) in [6, 6.07) is 75.9. The lowest BCUT2D eigenvalue weighted by Gasteiger charge is -2.36. The van der Waals surface area contributed by atoms with Crippen molar-refractivity contribution in [3.8, 4) is 83.5 Å². The molecular formula is C72H46O4. The SMILES string of the molecule is C#CCOc1ccc2cc(C3(c4ccc5cc(COC#C)ccc5c4)c4ccccc4-c4cc5c(cc43)-c3ccccc3C5(c3ccc4cc(COC#C)ccc4c3)c3ccc4cc(OCC#C)ccc4c3)ccc2c1. The molecular weight excluding hydrogens is 929 g/mol. The smallest absolute Gasteiger partial charge is 0.148 e. The molecule has 13 rings (SSSR count). The van der Waals surface area contributed by atoms with Crippen LogP contribution >= 0.6 is 0 Å². The summed E-state index contributed by atoms with van der Waals surface area (Å²) in [7, 11) is 0. The number of fused-ring (bicyclic) bond motifs is 10. The van der Waals surface area contributed by atoms with Crippen LogP contribution in [0.25, 0.3) is 65.3 Å². The summed E-state index contributed by atoms with van der Waals surface area (Å²) in [4.78, 5) is 0. The largest absolute Gasteiger partial charge is 0.481 e. The minimum Gasteiger partial charge on any atom is -0.481 e. The molecule has 0 amide bonds. The number of benzene rings is 11. The van der Waals surface area contributed by atoms with Crippen molar-refractivity contribution in [2.75, 3.05) is 13.2 Å². The van der Waals surface area contributed by atoms with E-state index in [-0.39, 0.29) is 13.2 Å². The third kappa shape index (κ3) is 7.16. The number of hydrogen-bond acceptors (Lipinski definition) is 4. The average molecular weight is 975 g/mol. The Labute approximate surface area is 442 Å². The van der Waals surface area contributed by atoms with Gasteiger partial charge in [-0.05, 0) is 194 Å². The Morgan fingerprint density at radius 2 is 0.658 bits per heavy atom. The van der Waals surface area contributed by atoms with Crippen LogP contribution in [0.2, 0.25) is 0 Å². The van der Waals surface area contributed by atoms with E-state index in [2.05, 4.69) is 218 Å². The molecule has 0 aliphatic heterocycles. The van der Waals surface area contributed by atoms with Gasteiger partial charge in [-0.3, -0.25) is 0 Å².